The van der Waals surface area contributed by atoms with Crippen LogP contribution in [-0.4, -0.2) is 29.8 Å². The zero-order valence-electron chi connectivity index (χ0n) is 22.3. The van der Waals surface area contributed by atoms with Crippen LogP contribution in [0.5, 0.6) is 5.75 Å². The topological polar surface area (TPSA) is 97.7 Å². The summed E-state index contributed by atoms with van der Waals surface area (Å²) in [4.78, 5) is 12.5. The number of aliphatic hydroxyl groups is 1. The average molecular weight is 505 g/mol. The second-order valence-corrected chi connectivity index (χ2v) is 9.95. The van der Waals surface area contributed by atoms with E-state index >= 15 is 0 Å². The van der Waals surface area contributed by atoms with Gasteiger partial charge in [-0.05, 0) is 86.9 Å². The van der Waals surface area contributed by atoms with Crippen LogP contribution in [-0.2, 0) is 17.6 Å². The quantitative estimate of drug-likeness (QED) is 0.252. The van der Waals surface area contributed by atoms with Crippen LogP contribution in [0.3, 0.4) is 0 Å². The molecule has 4 rings (SSSR count). The molecule has 0 aliphatic carbocycles. The van der Waals surface area contributed by atoms with E-state index < -0.39 is 6.10 Å². The van der Waals surface area contributed by atoms with Crippen LogP contribution < -0.4 is 10.1 Å². The molecule has 4 aromatic rings. The monoisotopic (exact) mass is 504 g/mol. The van der Waals surface area contributed by atoms with Crippen LogP contribution in [0.2, 0.25) is 0 Å². The van der Waals surface area contributed by atoms with Crippen molar-refractivity contribution < 1.29 is 23.6 Å². The molecule has 2 aromatic heterocycles. The molecule has 2 aromatic carbocycles. The molecule has 2 heterocycles. The SMILES string of the molecule is COc1cc(C)ccc1CC(C)CCCNC(=O)Cc1ccc2oc(C(O)c3c(C)noc3C)cc2c1. The molecular formula is C30H36N2O5. The number of hydrogen-bond acceptors (Lipinski definition) is 6. The molecule has 2 unspecified atom stereocenters. The van der Waals surface area contributed by atoms with Crippen molar-refractivity contribution in [3.63, 3.8) is 0 Å². The van der Waals surface area contributed by atoms with Crippen molar-refractivity contribution in [2.75, 3.05) is 13.7 Å². The van der Waals surface area contributed by atoms with Gasteiger partial charge in [-0.25, -0.2) is 0 Å². The van der Waals surface area contributed by atoms with Gasteiger partial charge in [0, 0.05) is 11.9 Å². The first-order chi connectivity index (χ1) is 17.7. The number of ether oxygens (including phenoxy) is 1. The van der Waals surface area contributed by atoms with Crippen LogP contribution >= 0.6 is 0 Å². The van der Waals surface area contributed by atoms with Gasteiger partial charge in [0.05, 0.1) is 24.8 Å². The van der Waals surface area contributed by atoms with Crippen LogP contribution in [0.1, 0.15) is 65.3 Å². The second-order valence-electron chi connectivity index (χ2n) is 9.95. The largest absolute Gasteiger partial charge is 0.496 e. The van der Waals surface area contributed by atoms with E-state index in [1.165, 1.54) is 11.1 Å². The Hall–Kier alpha value is -3.58. The first-order valence-electron chi connectivity index (χ1n) is 12.8. The van der Waals surface area contributed by atoms with Gasteiger partial charge in [0.25, 0.3) is 0 Å². The van der Waals surface area contributed by atoms with Crippen molar-refractivity contribution >= 4 is 16.9 Å². The molecule has 7 nitrogen and oxygen atoms in total. The predicted molar refractivity (Wildman–Crippen MR) is 143 cm³/mol. The van der Waals surface area contributed by atoms with Gasteiger partial charge in [-0.1, -0.05) is 30.3 Å². The number of aromatic nitrogens is 1. The minimum atomic E-state index is -0.958. The number of furan rings is 1. The standard InChI is InChI=1S/C30H36N2O5/c1-18(13-23-10-8-19(2)14-26(23)35-5)7-6-12-31-28(33)16-22-9-11-25-24(15-22)17-27(36-25)30(34)29-20(3)32-37-21(29)4/h8-11,14-15,17-18,30,34H,6-7,12-13,16H2,1-5H3,(H,31,33). The van der Waals surface area contributed by atoms with Gasteiger partial charge in [-0.2, -0.15) is 0 Å². The molecule has 0 saturated carbocycles. The summed E-state index contributed by atoms with van der Waals surface area (Å²) in [5.74, 6) is 2.41. The minimum Gasteiger partial charge on any atom is -0.496 e. The van der Waals surface area contributed by atoms with Crippen molar-refractivity contribution in [1.29, 1.82) is 0 Å². The Balaban J connectivity index is 1.26. The fourth-order valence-electron chi connectivity index (χ4n) is 4.80. The number of nitrogens with one attached hydrogen (secondary N) is 1. The Labute approximate surface area is 217 Å². The van der Waals surface area contributed by atoms with E-state index in [9.17, 15) is 9.90 Å². The van der Waals surface area contributed by atoms with Crippen molar-refractivity contribution in [2.45, 2.75) is 59.5 Å². The molecule has 196 valence electrons. The molecule has 2 N–H and O–H groups in total. The van der Waals surface area contributed by atoms with Gasteiger partial charge in [-0.3, -0.25) is 4.79 Å². The molecule has 0 bridgehead atoms. The average Bonchev–Trinajstić information content (AvgIpc) is 3.44. The van der Waals surface area contributed by atoms with E-state index in [0.29, 0.717) is 47.2 Å². The molecule has 2 atom stereocenters. The maximum Gasteiger partial charge on any atom is 0.224 e. The summed E-state index contributed by atoms with van der Waals surface area (Å²) in [6, 6.07) is 13.8. The van der Waals surface area contributed by atoms with Crippen molar-refractivity contribution in [2.24, 2.45) is 5.92 Å². The molecule has 0 radical (unpaired) electrons. The number of carbonyl (C=O) groups is 1. The summed E-state index contributed by atoms with van der Waals surface area (Å²) in [5.41, 5.74) is 5.21. The first-order valence-corrected chi connectivity index (χ1v) is 12.8. The molecule has 0 spiro atoms. The van der Waals surface area contributed by atoms with E-state index in [4.69, 9.17) is 13.7 Å². The number of aryl methyl sites for hydroxylation is 3. The maximum atomic E-state index is 12.5. The molecular weight excluding hydrogens is 468 g/mol. The molecule has 37 heavy (non-hydrogen) atoms. The predicted octanol–water partition coefficient (Wildman–Crippen LogP) is 5.75. The Morgan fingerprint density at radius 2 is 1.95 bits per heavy atom. The summed E-state index contributed by atoms with van der Waals surface area (Å²) < 4.78 is 16.6. The lowest BCUT2D eigenvalue weighted by Gasteiger charge is -2.15. The summed E-state index contributed by atoms with van der Waals surface area (Å²) in [7, 11) is 1.71. The summed E-state index contributed by atoms with van der Waals surface area (Å²) in [6.45, 7) is 8.50. The highest BCUT2D eigenvalue weighted by Gasteiger charge is 2.23. The zero-order chi connectivity index (χ0) is 26.5. The first kappa shape index (κ1) is 26.5. The highest BCUT2D eigenvalue weighted by atomic mass is 16.5. The van der Waals surface area contributed by atoms with Gasteiger partial charge in [0.2, 0.25) is 5.91 Å². The van der Waals surface area contributed by atoms with E-state index in [1.807, 2.05) is 18.2 Å². The van der Waals surface area contributed by atoms with Crippen molar-refractivity contribution in [1.82, 2.24) is 10.5 Å². The smallest absolute Gasteiger partial charge is 0.224 e. The number of rotatable bonds is 11. The number of aliphatic hydroxyl groups excluding tert-OH is 1. The van der Waals surface area contributed by atoms with E-state index in [1.54, 1.807) is 27.0 Å². The van der Waals surface area contributed by atoms with E-state index in [2.05, 4.69) is 42.5 Å². The molecule has 7 heteroatoms. The third kappa shape index (κ3) is 6.41. The molecule has 0 aliphatic rings. The molecule has 0 fully saturated rings. The lowest BCUT2D eigenvalue weighted by molar-refractivity contribution is -0.120. The summed E-state index contributed by atoms with van der Waals surface area (Å²) in [6.07, 6.45) is 2.23. The van der Waals surface area contributed by atoms with Crippen molar-refractivity contribution in [3.05, 3.63) is 81.9 Å². The Morgan fingerprint density at radius 3 is 2.68 bits per heavy atom. The summed E-state index contributed by atoms with van der Waals surface area (Å²) in [5, 5.41) is 18.6. The lowest BCUT2D eigenvalue weighted by Crippen LogP contribution is -2.26. The van der Waals surface area contributed by atoms with Gasteiger partial charge in [0.15, 0.2) is 0 Å². The number of methoxy groups -OCH3 is 1. The molecule has 0 aliphatic heterocycles. The number of benzene rings is 2. The Bertz CT molecular complexity index is 1350. The zero-order valence-corrected chi connectivity index (χ0v) is 22.3. The number of nitrogens with zero attached hydrogens (tertiary/aromatic N) is 1. The summed E-state index contributed by atoms with van der Waals surface area (Å²) >= 11 is 0. The fraction of sp³-hybridized carbons (Fsp3) is 0.400. The minimum absolute atomic E-state index is 0.00770. The molecule has 1 amide bonds. The lowest BCUT2D eigenvalue weighted by atomic mass is 9.95. The highest BCUT2D eigenvalue weighted by molar-refractivity contribution is 5.83. The number of carbonyl (C=O) groups excluding carboxylic acids is 1. The molecule has 0 saturated heterocycles. The number of amides is 1. The van der Waals surface area contributed by atoms with Gasteiger partial charge < -0.3 is 24.1 Å². The highest BCUT2D eigenvalue weighted by Crippen LogP contribution is 2.32. The van der Waals surface area contributed by atoms with Crippen LogP contribution in [0.4, 0.5) is 0 Å². The van der Waals surface area contributed by atoms with Crippen LogP contribution in [0.15, 0.2) is 51.4 Å². The van der Waals surface area contributed by atoms with Gasteiger partial charge in [0.1, 0.15) is 29.0 Å². The van der Waals surface area contributed by atoms with Gasteiger partial charge >= 0.3 is 0 Å². The van der Waals surface area contributed by atoms with Crippen LogP contribution in [0, 0.1) is 26.7 Å². The fourth-order valence-corrected chi connectivity index (χ4v) is 4.80. The van der Waals surface area contributed by atoms with Crippen LogP contribution in [0.25, 0.3) is 11.0 Å². The Kier molecular flexibility index (Phi) is 8.34. The van der Waals surface area contributed by atoms with E-state index in [0.717, 1.165) is 36.0 Å². The van der Waals surface area contributed by atoms with Crippen molar-refractivity contribution in [3.8, 4) is 5.75 Å². The normalized spacial score (nSPS) is 13.0. The van der Waals surface area contributed by atoms with Gasteiger partial charge in [-0.15, -0.1) is 0 Å². The number of fused-ring (bicyclic) bond motifs is 1. The third-order valence-corrected chi connectivity index (χ3v) is 6.80. The third-order valence-electron chi connectivity index (χ3n) is 6.80. The van der Waals surface area contributed by atoms with E-state index in [-0.39, 0.29) is 5.91 Å². The number of hydrogen-bond donors (Lipinski definition) is 2. The second kappa shape index (κ2) is 11.6. The Morgan fingerprint density at radius 1 is 1.14 bits per heavy atom. The maximum absolute atomic E-state index is 12.5.